The Hall–Kier alpha value is -2.67. The Bertz CT molecular complexity index is 791. The highest BCUT2D eigenvalue weighted by Crippen LogP contribution is 2.19. The van der Waals surface area contributed by atoms with Gasteiger partial charge in [0.1, 0.15) is 24.8 Å². The average Bonchev–Trinajstić information content (AvgIpc) is 2.77. The van der Waals surface area contributed by atoms with Crippen LogP contribution in [0.2, 0.25) is 0 Å². The highest BCUT2D eigenvalue weighted by Gasteiger charge is 2.27. The summed E-state index contributed by atoms with van der Waals surface area (Å²) in [5.41, 5.74) is 1.83. The molecule has 1 saturated heterocycles. The molecule has 0 aliphatic carbocycles. The zero-order valence-corrected chi connectivity index (χ0v) is 17.3. The molecule has 1 heterocycles. The zero-order chi connectivity index (χ0) is 21.3. The van der Waals surface area contributed by atoms with Crippen LogP contribution in [0.5, 0.6) is 5.75 Å². The van der Waals surface area contributed by atoms with E-state index in [1.807, 2.05) is 17.0 Å². The minimum Gasteiger partial charge on any atom is -0.491 e. The molecule has 0 unspecified atom stereocenters. The number of ether oxygens (including phenoxy) is 1. The molecule has 1 fully saturated rings. The second-order valence-electron chi connectivity index (χ2n) is 7.63. The summed E-state index contributed by atoms with van der Waals surface area (Å²) >= 11 is 0. The van der Waals surface area contributed by atoms with Gasteiger partial charge >= 0.3 is 6.03 Å². The van der Waals surface area contributed by atoms with Crippen LogP contribution in [0.3, 0.4) is 0 Å². The van der Waals surface area contributed by atoms with Crippen LogP contribution in [0, 0.1) is 5.82 Å². The highest BCUT2D eigenvalue weighted by molar-refractivity contribution is 5.74. The minimum absolute atomic E-state index is 0.0327. The zero-order valence-electron chi connectivity index (χ0n) is 17.3. The third-order valence-corrected chi connectivity index (χ3v) is 5.37. The quantitative estimate of drug-likeness (QED) is 0.707. The fourth-order valence-electron chi connectivity index (χ4n) is 3.60. The fraction of sp³-hybridized carbons (Fsp3) is 0.435. The topological polar surface area (TPSA) is 44.8 Å². The van der Waals surface area contributed by atoms with Gasteiger partial charge in [-0.1, -0.05) is 24.3 Å². The Morgan fingerprint density at radius 3 is 2.37 bits per heavy atom. The van der Waals surface area contributed by atoms with Crippen LogP contribution >= 0.6 is 0 Å². The van der Waals surface area contributed by atoms with Gasteiger partial charge in [0.15, 0.2) is 0 Å². The van der Waals surface area contributed by atoms with Crippen LogP contribution in [0.25, 0.3) is 0 Å². The molecule has 162 valence electrons. The van der Waals surface area contributed by atoms with Crippen molar-refractivity contribution in [3.63, 3.8) is 0 Å². The monoisotopic (exact) mass is 417 g/mol. The number of benzene rings is 2. The first kappa shape index (κ1) is 22.0. The molecule has 0 bridgehead atoms. The molecule has 0 radical (unpaired) electrons. The number of nitrogens with one attached hydrogen (secondary N) is 1. The number of halogens is 2. The molecule has 0 aromatic heterocycles. The van der Waals surface area contributed by atoms with Crippen molar-refractivity contribution in [3.8, 4) is 5.75 Å². The lowest BCUT2D eigenvalue weighted by Crippen LogP contribution is -2.49. The predicted molar refractivity (Wildman–Crippen MR) is 113 cm³/mol. The number of urea groups is 1. The molecule has 0 spiro atoms. The van der Waals surface area contributed by atoms with Crippen molar-refractivity contribution in [1.82, 2.24) is 15.1 Å². The van der Waals surface area contributed by atoms with Crippen LogP contribution in [0.4, 0.5) is 13.6 Å². The van der Waals surface area contributed by atoms with Crippen LogP contribution in [0.1, 0.15) is 24.0 Å². The van der Waals surface area contributed by atoms with Crippen molar-refractivity contribution >= 4 is 6.03 Å². The van der Waals surface area contributed by atoms with Crippen LogP contribution in [-0.4, -0.2) is 55.3 Å². The van der Waals surface area contributed by atoms with Gasteiger partial charge in [0.25, 0.3) is 0 Å². The van der Waals surface area contributed by atoms with E-state index in [9.17, 15) is 13.6 Å². The molecule has 0 atom stereocenters. The van der Waals surface area contributed by atoms with E-state index in [1.54, 1.807) is 24.3 Å². The van der Waals surface area contributed by atoms with Gasteiger partial charge in [0, 0.05) is 19.1 Å². The molecule has 30 heavy (non-hydrogen) atoms. The molecule has 1 aliphatic rings. The highest BCUT2D eigenvalue weighted by atomic mass is 19.1. The lowest BCUT2D eigenvalue weighted by Gasteiger charge is -2.37. The standard InChI is InChI=1S/C23H29F2N3O2/c1-27-13-10-21(11-14-27)28(17-19-2-6-20(25)7-3-19)23(29)26-16-18-4-8-22(9-5-18)30-15-12-24/h2-9,21H,10-17H2,1H3,(H,26,29). The fourth-order valence-corrected chi connectivity index (χ4v) is 3.60. The van der Waals surface area contributed by atoms with Crippen LogP contribution in [-0.2, 0) is 13.1 Å². The molecule has 2 aromatic carbocycles. The van der Waals surface area contributed by atoms with E-state index in [2.05, 4.69) is 17.3 Å². The van der Waals surface area contributed by atoms with Crippen molar-refractivity contribution in [2.75, 3.05) is 33.4 Å². The molecule has 0 saturated carbocycles. The molecule has 7 heteroatoms. The minimum atomic E-state index is -0.529. The number of piperidine rings is 1. The predicted octanol–water partition coefficient (Wildman–Crippen LogP) is 3.98. The number of carbonyl (C=O) groups is 1. The normalized spacial score (nSPS) is 15.0. The third kappa shape index (κ3) is 6.42. The smallest absolute Gasteiger partial charge is 0.318 e. The maximum Gasteiger partial charge on any atom is 0.318 e. The van der Waals surface area contributed by atoms with E-state index in [0.29, 0.717) is 18.8 Å². The van der Waals surface area contributed by atoms with Crippen molar-refractivity contribution in [3.05, 3.63) is 65.5 Å². The molecule has 1 N–H and O–H groups in total. The lowest BCUT2D eigenvalue weighted by molar-refractivity contribution is 0.127. The molecule has 2 aromatic rings. The lowest BCUT2D eigenvalue weighted by atomic mass is 10.0. The number of likely N-dealkylation sites (tertiary alicyclic amines) is 1. The maximum absolute atomic E-state index is 13.3. The maximum atomic E-state index is 13.3. The Kier molecular flexibility index (Phi) is 8.02. The number of nitrogens with zero attached hydrogens (tertiary/aromatic N) is 2. The largest absolute Gasteiger partial charge is 0.491 e. The summed E-state index contributed by atoms with van der Waals surface area (Å²) in [5.74, 6) is 0.319. The van der Waals surface area contributed by atoms with Crippen molar-refractivity contribution < 1.29 is 18.3 Å². The Morgan fingerprint density at radius 2 is 1.73 bits per heavy atom. The summed E-state index contributed by atoms with van der Waals surface area (Å²) in [7, 11) is 2.08. The van der Waals surface area contributed by atoms with Crippen LogP contribution in [0.15, 0.2) is 48.5 Å². The van der Waals surface area contributed by atoms with E-state index >= 15 is 0 Å². The summed E-state index contributed by atoms with van der Waals surface area (Å²) in [4.78, 5) is 17.2. The van der Waals surface area contributed by atoms with Gasteiger partial charge in [0.05, 0.1) is 0 Å². The number of hydrogen-bond acceptors (Lipinski definition) is 3. The van der Waals surface area contributed by atoms with Gasteiger partial charge in [-0.25, -0.2) is 13.6 Å². The number of carbonyl (C=O) groups excluding carboxylic acids is 1. The number of alkyl halides is 1. The van der Waals surface area contributed by atoms with Crippen LogP contribution < -0.4 is 10.1 Å². The number of rotatable bonds is 8. The average molecular weight is 418 g/mol. The van der Waals surface area contributed by atoms with E-state index < -0.39 is 6.67 Å². The van der Waals surface area contributed by atoms with Gasteiger partial charge in [0.2, 0.25) is 0 Å². The Morgan fingerprint density at radius 1 is 1.10 bits per heavy atom. The summed E-state index contributed by atoms with van der Waals surface area (Å²) in [6, 6.07) is 13.5. The molecule has 5 nitrogen and oxygen atoms in total. The van der Waals surface area contributed by atoms with E-state index in [0.717, 1.165) is 37.1 Å². The summed E-state index contributed by atoms with van der Waals surface area (Å²) in [6.07, 6.45) is 1.82. The first-order valence-electron chi connectivity index (χ1n) is 10.3. The first-order valence-corrected chi connectivity index (χ1v) is 10.3. The van der Waals surface area contributed by atoms with E-state index in [4.69, 9.17) is 4.74 Å². The second-order valence-corrected chi connectivity index (χ2v) is 7.63. The van der Waals surface area contributed by atoms with Gasteiger partial charge in [-0.2, -0.15) is 0 Å². The molecule has 3 rings (SSSR count). The summed E-state index contributed by atoms with van der Waals surface area (Å²) < 4.78 is 30.7. The third-order valence-electron chi connectivity index (χ3n) is 5.37. The van der Waals surface area contributed by atoms with Crippen molar-refractivity contribution in [2.45, 2.75) is 32.0 Å². The molecular formula is C23H29F2N3O2. The van der Waals surface area contributed by atoms with E-state index in [-0.39, 0.29) is 24.5 Å². The van der Waals surface area contributed by atoms with Gasteiger partial charge in [-0.05, 0) is 68.4 Å². The van der Waals surface area contributed by atoms with Crippen molar-refractivity contribution in [1.29, 1.82) is 0 Å². The van der Waals surface area contributed by atoms with Gasteiger partial charge in [-0.3, -0.25) is 0 Å². The van der Waals surface area contributed by atoms with E-state index in [1.165, 1.54) is 12.1 Å². The van der Waals surface area contributed by atoms with Gasteiger partial charge in [-0.15, -0.1) is 0 Å². The second kappa shape index (κ2) is 10.9. The molecule has 2 amide bonds. The molecule has 1 aliphatic heterocycles. The summed E-state index contributed by atoms with van der Waals surface area (Å²) in [6.45, 7) is 2.21. The Balaban J connectivity index is 1.62. The number of hydrogen-bond donors (Lipinski definition) is 1. The SMILES string of the molecule is CN1CCC(N(Cc2ccc(F)cc2)C(=O)NCc2ccc(OCCF)cc2)CC1. The van der Waals surface area contributed by atoms with Crippen molar-refractivity contribution in [2.24, 2.45) is 0 Å². The number of amides is 2. The molecular weight excluding hydrogens is 388 g/mol. The first-order chi connectivity index (χ1) is 14.5. The Labute approximate surface area is 176 Å². The summed E-state index contributed by atoms with van der Waals surface area (Å²) in [5, 5.41) is 3.00. The van der Waals surface area contributed by atoms with Gasteiger partial charge < -0.3 is 19.9 Å².